The minimum atomic E-state index is -0.985. The molecule has 1 aliphatic carbocycles. The van der Waals surface area contributed by atoms with Crippen molar-refractivity contribution in [1.29, 1.82) is 0 Å². The van der Waals surface area contributed by atoms with Crippen LogP contribution in [0.5, 0.6) is 0 Å². The molecule has 0 aliphatic heterocycles. The lowest BCUT2D eigenvalue weighted by Crippen LogP contribution is -2.45. The van der Waals surface area contributed by atoms with E-state index < -0.39 is 12.0 Å². The second kappa shape index (κ2) is 9.71. The van der Waals surface area contributed by atoms with E-state index in [-0.39, 0.29) is 29.8 Å². The van der Waals surface area contributed by atoms with Crippen molar-refractivity contribution in [1.82, 2.24) is 5.32 Å². The molecule has 0 aromatic carbocycles. The van der Waals surface area contributed by atoms with Gasteiger partial charge in [-0.25, -0.2) is 4.79 Å². The molecule has 5 atom stereocenters. The van der Waals surface area contributed by atoms with Crippen molar-refractivity contribution in [3.63, 3.8) is 0 Å². The van der Waals surface area contributed by atoms with Crippen molar-refractivity contribution < 1.29 is 19.8 Å². The fourth-order valence-corrected chi connectivity index (χ4v) is 3.30. The lowest BCUT2D eigenvalue weighted by atomic mass is 9.88. The molecule has 0 aromatic heterocycles. The number of carboxylic acids is 1. The molecule has 1 saturated carbocycles. The summed E-state index contributed by atoms with van der Waals surface area (Å²) in [4.78, 5) is 23.5. The molecule has 3 N–H and O–H groups in total. The average molecular weight is 325 g/mol. The van der Waals surface area contributed by atoms with Gasteiger partial charge in [-0.2, -0.15) is 0 Å². The highest BCUT2D eigenvalue weighted by molar-refractivity contribution is 5.83. The number of aliphatic carboxylic acids is 1. The highest BCUT2D eigenvalue weighted by atomic mass is 16.4. The first-order valence-corrected chi connectivity index (χ1v) is 8.75. The molecular weight excluding hydrogens is 294 g/mol. The monoisotopic (exact) mass is 325 g/mol. The smallest absolute Gasteiger partial charge is 0.326 e. The Hall–Kier alpha value is -1.36. The van der Waals surface area contributed by atoms with Crippen LogP contribution in [-0.4, -0.2) is 34.2 Å². The van der Waals surface area contributed by atoms with E-state index in [9.17, 15) is 19.8 Å². The Morgan fingerprint density at radius 2 is 1.96 bits per heavy atom. The van der Waals surface area contributed by atoms with Gasteiger partial charge < -0.3 is 15.5 Å². The van der Waals surface area contributed by atoms with Gasteiger partial charge in [0.2, 0.25) is 5.91 Å². The van der Waals surface area contributed by atoms with E-state index in [4.69, 9.17) is 0 Å². The molecule has 0 heterocycles. The van der Waals surface area contributed by atoms with Crippen molar-refractivity contribution in [2.75, 3.05) is 0 Å². The zero-order valence-corrected chi connectivity index (χ0v) is 14.5. The summed E-state index contributed by atoms with van der Waals surface area (Å²) in [6.45, 7) is 5.81. The number of hydrogen-bond donors (Lipinski definition) is 3. The first-order valence-electron chi connectivity index (χ1n) is 8.75. The highest BCUT2D eigenvalue weighted by Crippen LogP contribution is 2.37. The van der Waals surface area contributed by atoms with Gasteiger partial charge in [-0.1, -0.05) is 39.3 Å². The van der Waals surface area contributed by atoms with Crippen molar-refractivity contribution >= 4 is 11.9 Å². The van der Waals surface area contributed by atoms with Gasteiger partial charge in [0, 0.05) is 6.42 Å². The predicted octanol–water partition coefficient (Wildman–Crippen LogP) is 2.74. The number of amides is 1. The third-order valence-electron chi connectivity index (χ3n) is 4.99. The quantitative estimate of drug-likeness (QED) is 0.569. The molecule has 0 saturated heterocycles. The summed E-state index contributed by atoms with van der Waals surface area (Å²) < 4.78 is 0. The summed E-state index contributed by atoms with van der Waals surface area (Å²) >= 11 is 0. The van der Waals surface area contributed by atoms with Gasteiger partial charge >= 0.3 is 5.97 Å². The number of aliphatic hydroxyl groups is 1. The Morgan fingerprint density at radius 3 is 2.52 bits per heavy atom. The third-order valence-corrected chi connectivity index (χ3v) is 4.99. The number of rotatable bonds is 9. The number of nitrogens with one attached hydrogen (secondary N) is 1. The maximum atomic E-state index is 12.2. The van der Waals surface area contributed by atoms with Gasteiger partial charge in [-0.15, -0.1) is 0 Å². The maximum Gasteiger partial charge on any atom is 0.326 e. The second-order valence-corrected chi connectivity index (χ2v) is 6.66. The molecule has 5 nitrogen and oxygen atoms in total. The average Bonchev–Trinajstić information content (AvgIpc) is 2.84. The van der Waals surface area contributed by atoms with Crippen LogP contribution < -0.4 is 5.32 Å². The molecule has 0 bridgehead atoms. The summed E-state index contributed by atoms with van der Waals surface area (Å²) in [5.41, 5.74) is 0. The SMILES string of the molecule is CC/C=C\C[C@@H]1[C@@H](CC(=O)N[C@H](C(=O)O)[C@@H](C)CC)CC[C@H]1O. The molecule has 5 heteroatoms. The number of allylic oxidation sites excluding steroid dienone is 2. The zero-order valence-electron chi connectivity index (χ0n) is 14.5. The Kier molecular flexibility index (Phi) is 8.31. The third kappa shape index (κ3) is 5.98. The van der Waals surface area contributed by atoms with Crippen molar-refractivity contribution in [3.05, 3.63) is 12.2 Å². The van der Waals surface area contributed by atoms with Crippen LogP contribution in [0, 0.1) is 17.8 Å². The number of hydrogen-bond acceptors (Lipinski definition) is 3. The first-order chi connectivity index (χ1) is 10.9. The van der Waals surface area contributed by atoms with Gasteiger partial charge in [-0.3, -0.25) is 4.79 Å². The van der Waals surface area contributed by atoms with E-state index >= 15 is 0 Å². The summed E-state index contributed by atoms with van der Waals surface area (Å²) in [6, 6.07) is -0.836. The van der Waals surface area contributed by atoms with Crippen LogP contribution in [0.15, 0.2) is 12.2 Å². The molecule has 0 spiro atoms. The minimum absolute atomic E-state index is 0.0930. The molecule has 1 amide bonds. The summed E-state index contributed by atoms with van der Waals surface area (Å²) in [5.74, 6) is -1.09. The highest BCUT2D eigenvalue weighted by Gasteiger charge is 2.36. The van der Waals surface area contributed by atoms with Crippen LogP contribution in [0.1, 0.15) is 59.3 Å². The molecule has 132 valence electrons. The number of carboxylic acid groups (broad SMARTS) is 1. The molecule has 1 rings (SSSR count). The summed E-state index contributed by atoms with van der Waals surface area (Å²) in [6.07, 6.45) is 8.06. The molecule has 0 unspecified atom stereocenters. The largest absolute Gasteiger partial charge is 0.480 e. The van der Waals surface area contributed by atoms with Crippen LogP contribution in [0.25, 0.3) is 0 Å². The number of aliphatic hydroxyl groups excluding tert-OH is 1. The fourth-order valence-electron chi connectivity index (χ4n) is 3.30. The van der Waals surface area contributed by atoms with Gasteiger partial charge in [-0.05, 0) is 43.4 Å². The minimum Gasteiger partial charge on any atom is -0.480 e. The van der Waals surface area contributed by atoms with E-state index in [1.165, 1.54) is 0 Å². The summed E-state index contributed by atoms with van der Waals surface area (Å²) in [5, 5.41) is 22.0. The van der Waals surface area contributed by atoms with E-state index in [1.807, 2.05) is 13.8 Å². The van der Waals surface area contributed by atoms with E-state index in [0.29, 0.717) is 12.8 Å². The Labute approximate surface area is 139 Å². The maximum absolute atomic E-state index is 12.2. The number of carbonyl (C=O) groups excluding carboxylic acids is 1. The van der Waals surface area contributed by atoms with E-state index in [1.54, 1.807) is 0 Å². The van der Waals surface area contributed by atoms with Gasteiger partial charge in [0.05, 0.1) is 6.10 Å². The fraction of sp³-hybridized carbons (Fsp3) is 0.778. The Morgan fingerprint density at radius 1 is 1.26 bits per heavy atom. The van der Waals surface area contributed by atoms with Crippen LogP contribution >= 0.6 is 0 Å². The van der Waals surface area contributed by atoms with Gasteiger partial charge in [0.25, 0.3) is 0 Å². The summed E-state index contributed by atoms with van der Waals surface area (Å²) in [7, 11) is 0. The predicted molar refractivity (Wildman–Crippen MR) is 89.9 cm³/mol. The second-order valence-electron chi connectivity index (χ2n) is 6.66. The molecule has 0 aromatic rings. The van der Waals surface area contributed by atoms with Crippen molar-refractivity contribution in [3.8, 4) is 0 Å². The van der Waals surface area contributed by atoms with Crippen LogP contribution in [0.2, 0.25) is 0 Å². The topological polar surface area (TPSA) is 86.6 Å². The Bertz CT molecular complexity index is 421. The van der Waals surface area contributed by atoms with Gasteiger partial charge in [0.15, 0.2) is 0 Å². The first kappa shape index (κ1) is 19.7. The number of carbonyl (C=O) groups is 2. The lowest BCUT2D eigenvalue weighted by Gasteiger charge is -2.23. The molecule has 1 fully saturated rings. The standard InChI is InChI=1S/C18H31NO4/c1-4-6-7-8-14-13(9-10-15(14)20)11-16(21)19-17(18(22)23)12(3)5-2/h6-7,12-15,17,20H,4-5,8-11H2,1-3H3,(H,19,21)(H,22,23)/b7-6-/t12-,13+,14+,15+,17-/m0/s1. The van der Waals surface area contributed by atoms with Crippen LogP contribution in [-0.2, 0) is 9.59 Å². The van der Waals surface area contributed by atoms with Gasteiger partial charge in [0.1, 0.15) is 6.04 Å². The van der Waals surface area contributed by atoms with Crippen LogP contribution in [0.4, 0.5) is 0 Å². The van der Waals surface area contributed by atoms with Crippen molar-refractivity contribution in [2.45, 2.75) is 71.4 Å². The van der Waals surface area contributed by atoms with E-state index in [0.717, 1.165) is 25.7 Å². The normalized spacial score (nSPS) is 27.0. The zero-order chi connectivity index (χ0) is 17.4. The molecule has 1 aliphatic rings. The molecule has 0 radical (unpaired) electrons. The molecule has 23 heavy (non-hydrogen) atoms. The van der Waals surface area contributed by atoms with Crippen LogP contribution in [0.3, 0.4) is 0 Å². The lowest BCUT2D eigenvalue weighted by molar-refractivity contribution is -0.143. The van der Waals surface area contributed by atoms with Crippen molar-refractivity contribution in [2.24, 2.45) is 17.8 Å². The molecular formula is C18H31NO4. The Balaban J connectivity index is 2.60. The van der Waals surface area contributed by atoms with E-state index in [2.05, 4.69) is 24.4 Å².